The fraction of sp³-hybridized carbons (Fsp3) is 0.350. The summed E-state index contributed by atoms with van der Waals surface area (Å²) in [7, 11) is -3.82. The molecule has 27 heavy (non-hydrogen) atoms. The van der Waals surface area contributed by atoms with Crippen LogP contribution in [0.15, 0.2) is 42.5 Å². The molecule has 2 rings (SSSR count). The number of amides is 1. The zero-order valence-electron chi connectivity index (χ0n) is 16.0. The lowest BCUT2D eigenvalue weighted by molar-refractivity contribution is -0.120. The van der Waals surface area contributed by atoms with Crippen molar-refractivity contribution >= 4 is 21.6 Å². The van der Waals surface area contributed by atoms with Gasteiger partial charge in [0.1, 0.15) is 12.4 Å². The van der Waals surface area contributed by atoms with Gasteiger partial charge in [-0.2, -0.15) is 0 Å². The molecule has 7 heteroatoms. The number of hydrogen-bond donors (Lipinski definition) is 1. The van der Waals surface area contributed by atoms with Crippen molar-refractivity contribution in [1.82, 2.24) is 5.32 Å². The molecule has 0 saturated carbocycles. The molecule has 0 unspecified atom stereocenters. The van der Waals surface area contributed by atoms with Crippen molar-refractivity contribution in [1.29, 1.82) is 0 Å². The van der Waals surface area contributed by atoms with Gasteiger partial charge in [0, 0.05) is 0 Å². The van der Waals surface area contributed by atoms with Crippen LogP contribution < -0.4 is 9.62 Å². The summed E-state index contributed by atoms with van der Waals surface area (Å²) >= 11 is 0. The summed E-state index contributed by atoms with van der Waals surface area (Å²) in [4.78, 5) is 12.6. The summed E-state index contributed by atoms with van der Waals surface area (Å²) in [6.07, 6.45) is 1.60. The highest BCUT2D eigenvalue weighted by molar-refractivity contribution is 7.92. The Bertz CT molecular complexity index is 929. The SMILES string of the molecule is CC[C@@H](NC(=O)CN(c1ccccc1F)S(C)(=O)=O)c1ccc(C)cc1C. The lowest BCUT2D eigenvalue weighted by Crippen LogP contribution is -2.42. The van der Waals surface area contributed by atoms with Crippen LogP contribution in [-0.4, -0.2) is 27.1 Å². The van der Waals surface area contributed by atoms with E-state index in [0.717, 1.165) is 33.3 Å². The Kier molecular flexibility index (Phi) is 6.59. The van der Waals surface area contributed by atoms with Gasteiger partial charge in [-0.15, -0.1) is 0 Å². The highest BCUT2D eigenvalue weighted by atomic mass is 32.2. The summed E-state index contributed by atoms with van der Waals surface area (Å²) in [6, 6.07) is 11.2. The Hall–Kier alpha value is -2.41. The van der Waals surface area contributed by atoms with Crippen molar-refractivity contribution in [2.24, 2.45) is 0 Å². The molecular formula is C20H25FN2O3S. The zero-order valence-corrected chi connectivity index (χ0v) is 16.8. The molecule has 0 aromatic heterocycles. The number of carbonyl (C=O) groups is 1. The van der Waals surface area contributed by atoms with E-state index in [0.29, 0.717) is 6.42 Å². The summed E-state index contributed by atoms with van der Waals surface area (Å²) < 4.78 is 39.1. The average molecular weight is 392 g/mol. The molecule has 1 atom stereocenters. The van der Waals surface area contributed by atoms with Gasteiger partial charge in [0.15, 0.2) is 0 Å². The van der Waals surface area contributed by atoms with E-state index in [4.69, 9.17) is 0 Å². The number of anilines is 1. The highest BCUT2D eigenvalue weighted by Crippen LogP contribution is 2.23. The smallest absolute Gasteiger partial charge is 0.241 e. The molecule has 0 saturated heterocycles. The topological polar surface area (TPSA) is 66.5 Å². The van der Waals surface area contributed by atoms with Crippen molar-refractivity contribution in [3.05, 3.63) is 65.0 Å². The Morgan fingerprint density at radius 3 is 2.41 bits per heavy atom. The molecule has 5 nitrogen and oxygen atoms in total. The molecule has 1 N–H and O–H groups in total. The highest BCUT2D eigenvalue weighted by Gasteiger charge is 2.25. The van der Waals surface area contributed by atoms with Crippen molar-refractivity contribution in [2.45, 2.75) is 33.2 Å². The molecule has 0 aliphatic heterocycles. The van der Waals surface area contributed by atoms with Gasteiger partial charge in [0.2, 0.25) is 15.9 Å². The van der Waals surface area contributed by atoms with E-state index >= 15 is 0 Å². The second-order valence-corrected chi connectivity index (χ2v) is 8.52. The lowest BCUT2D eigenvalue weighted by atomic mass is 9.97. The fourth-order valence-electron chi connectivity index (χ4n) is 3.02. The largest absolute Gasteiger partial charge is 0.348 e. The minimum atomic E-state index is -3.82. The number of para-hydroxylation sites is 1. The minimum Gasteiger partial charge on any atom is -0.348 e. The second kappa shape index (κ2) is 8.52. The van der Waals surface area contributed by atoms with Gasteiger partial charge in [-0.1, -0.05) is 42.8 Å². The molecule has 2 aromatic rings. The number of rotatable bonds is 7. The van der Waals surface area contributed by atoms with E-state index in [1.807, 2.05) is 39.0 Å². The maximum absolute atomic E-state index is 14.1. The normalized spacial score (nSPS) is 12.5. The van der Waals surface area contributed by atoms with Gasteiger partial charge in [0.05, 0.1) is 18.0 Å². The quantitative estimate of drug-likeness (QED) is 0.785. The van der Waals surface area contributed by atoms with Crippen LogP contribution in [0, 0.1) is 19.7 Å². The fourth-order valence-corrected chi connectivity index (χ4v) is 3.88. The van der Waals surface area contributed by atoms with Gasteiger partial charge in [0.25, 0.3) is 0 Å². The van der Waals surface area contributed by atoms with E-state index in [-0.39, 0.29) is 11.7 Å². The lowest BCUT2D eigenvalue weighted by Gasteiger charge is -2.25. The predicted octanol–water partition coefficient (Wildman–Crippen LogP) is 3.48. The van der Waals surface area contributed by atoms with Gasteiger partial charge in [-0.05, 0) is 43.5 Å². The molecule has 0 heterocycles. The Labute approximate surface area is 160 Å². The second-order valence-electron chi connectivity index (χ2n) is 6.61. The van der Waals surface area contributed by atoms with Crippen LogP contribution in [0.4, 0.5) is 10.1 Å². The Morgan fingerprint density at radius 2 is 1.85 bits per heavy atom. The third kappa shape index (κ3) is 5.29. The van der Waals surface area contributed by atoms with Crippen LogP contribution in [0.5, 0.6) is 0 Å². The van der Waals surface area contributed by atoms with Gasteiger partial charge in [-0.25, -0.2) is 12.8 Å². The number of halogens is 1. The Balaban J connectivity index is 2.23. The number of nitrogens with one attached hydrogen (secondary N) is 1. The first-order valence-corrected chi connectivity index (χ1v) is 10.6. The number of hydrogen-bond acceptors (Lipinski definition) is 3. The zero-order chi connectivity index (χ0) is 20.2. The summed E-state index contributed by atoms with van der Waals surface area (Å²) in [5.74, 6) is -1.19. The van der Waals surface area contributed by atoms with Crippen LogP contribution in [0.2, 0.25) is 0 Å². The molecule has 0 spiro atoms. The maximum Gasteiger partial charge on any atom is 0.241 e. The molecule has 0 radical (unpaired) electrons. The van der Waals surface area contributed by atoms with E-state index in [2.05, 4.69) is 5.32 Å². The number of benzene rings is 2. The van der Waals surface area contributed by atoms with E-state index < -0.39 is 28.3 Å². The van der Waals surface area contributed by atoms with Crippen molar-refractivity contribution in [3.8, 4) is 0 Å². The van der Waals surface area contributed by atoms with E-state index in [1.54, 1.807) is 0 Å². The average Bonchev–Trinajstić information content (AvgIpc) is 2.58. The van der Waals surface area contributed by atoms with Crippen molar-refractivity contribution < 1.29 is 17.6 Å². The first kappa shape index (κ1) is 20.9. The molecule has 0 aliphatic rings. The summed E-state index contributed by atoms with van der Waals surface area (Å²) in [5, 5.41) is 2.87. The van der Waals surface area contributed by atoms with Gasteiger partial charge >= 0.3 is 0 Å². The maximum atomic E-state index is 14.1. The number of aryl methyl sites for hydroxylation is 2. The summed E-state index contributed by atoms with van der Waals surface area (Å²) in [6.45, 7) is 5.42. The number of nitrogens with zero attached hydrogens (tertiary/aromatic N) is 1. The van der Waals surface area contributed by atoms with Crippen molar-refractivity contribution in [2.75, 3.05) is 17.1 Å². The molecule has 1 amide bonds. The van der Waals surface area contributed by atoms with E-state index in [9.17, 15) is 17.6 Å². The molecule has 2 aromatic carbocycles. The first-order chi connectivity index (χ1) is 12.6. The third-order valence-corrected chi connectivity index (χ3v) is 5.48. The Morgan fingerprint density at radius 1 is 1.19 bits per heavy atom. The van der Waals surface area contributed by atoms with Crippen LogP contribution in [0.3, 0.4) is 0 Å². The van der Waals surface area contributed by atoms with Crippen LogP contribution >= 0.6 is 0 Å². The van der Waals surface area contributed by atoms with E-state index in [1.165, 1.54) is 18.2 Å². The first-order valence-electron chi connectivity index (χ1n) is 8.72. The molecule has 0 bridgehead atoms. The standard InChI is InChI=1S/C20H25FN2O3S/c1-5-18(16-11-10-14(2)12-15(16)3)22-20(24)13-23(27(4,25)26)19-9-7-6-8-17(19)21/h6-12,18H,5,13H2,1-4H3,(H,22,24)/t18-/m1/s1. The van der Waals surface area contributed by atoms with Crippen LogP contribution in [0.1, 0.15) is 36.1 Å². The van der Waals surface area contributed by atoms with Gasteiger partial charge < -0.3 is 5.32 Å². The predicted molar refractivity (Wildman–Crippen MR) is 106 cm³/mol. The number of carbonyl (C=O) groups excluding carboxylic acids is 1. The molecule has 0 aliphatic carbocycles. The van der Waals surface area contributed by atoms with Crippen LogP contribution in [-0.2, 0) is 14.8 Å². The summed E-state index contributed by atoms with van der Waals surface area (Å²) in [5.41, 5.74) is 3.01. The molecule has 146 valence electrons. The van der Waals surface area contributed by atoms with Gasteiger partial charge in [-0.3, -0.25) is 9.10 Å². The minimum absolute atomic E-state index is 0.144. The van der Waals surface area contributed by atoms with Crippen molar-refractivity contribution in [3.63, 3.8) is 0 Å². The monoisotopic (exact) mass is 392 g/mol. The molecule has 0 fully saturated rings. The molecular weight excluding hydrogens is 367 g/mol. The number of sulfonamides is 1. The third-order valence-electron chi connectivity index (χ3n) is 4.35. The van der Waals surface area contributed by atoms with Crippen LogP contribution in [0.25, 0.3) is 0 Å².